The molecule has 1 atom stereocenters. The molecule has 1 aromatic heterocycles. The van der Waals surface area contributed by atoms with Gasteiger partial charge in [0.15, 0.2) is 5.82 Å². The molecule has 2 N–H and O–H groups in total. The van der Waals surface area contributed by atoms with Crippen molar-refractivity contribution in [3.05, 3.63) is 90.6 Å². The van der Waals surface area contributed by atoms with Crippen molar-refractivity contribution >= 4 is 38.5 Å². The number of nitrogens with one attached hydrogen (secondary N) is 2. The van der Waals surface area contributed by atoms with E-state index in [1.807, 2.05) is 49.4 Å². The van der Waals surface area contributed by atoms with Gasteiger partial charge in [-0.3, -0.25) is 14.5 Å². The molecule has 0 saturated carbocycles. The largest absolute Gasteiger partial charge is 0.326 e. The minimum Gasteiger partial charge on any atom is -0.326 e. The van der Waals surface area contributed by atoms with Gasteiger partial charge >= 0.3 is 0 Å². The topological polar surface area (TPSA) is 101 Å². The van der Waals surface area contributed by atoms with Crippen LogP contribution in [0.15, 0.2) is 90.0 Å². The van der Waals surface area contributed by atoms with Gasteiger partial charge in [0.05, 0.1) is 28.0 Å². The molecule has 32 heavy (non-hydrogen) atoms. The van der Waals surface area contributed by atoms with Crippen LogP contribution in [0.3, 0.4) is 0 Å². The Morgan fingerprint density at radius 3 is 2.25 bits per heavy atom. The first kappa shape index (κ1) is 21.5. The van der Waals surface area contributed by atoms with E-state index in [0.29, 0.717) is 23.1 Å². The van der Waals surface area contributed by atoms with Crippen LogP contribution in [0, 0.1) is 0 Å². The molecule has 0 aliphatic heterocycles. The molecule has 0 unspecified atom stereocenters. The maximum absolute atomic E-state index is 12.7. The van der Waals surface area contributed by atoms with Crippen LogP contribution in [-0.4, -0.2) is 24.3 Å². The normalized spacial score (nSPS) is 12.3. The molecule has 0 aliphatic rings. The van der Waals surface area contributed by atoms with E-state index in [4.69, 9.17) is 0 Å². The molecule has 0 spiro atoms. The van der Waals surface area contributed by atoms with Crippen LogP contribution in [0.1, 0.15) is 24.8 Å². The summed E-state index contributed by atoms with van der Waals surface area (Å²) in [4.78, 5) is 21.3. The summed E-state index contributed by atoms with van der Waals surface area (Å²) in [7, 11) is -3.86. The molecular weight excluding hydrogens is 424 g/mol. The molecule has 7 nitrogen and oxygen atoms in total. The molecule has 162 valence electrons. The highest BCUT2D eigenvalue weighted by atomic mass is 32.2. The van der Waals surface area contributed by atoms with Crippen molar-refractivity contribution in [3.8, 4) is 0 Å². The van der Waals surface area contributed by atoms with Gasteiger partial charge in [-0.2, -0.15) is 0 Å². The Balaban J connectivity index is 1.47. The van der Waals surface area contributed by atoms with Crippen molar-refractivity contribution < 1.29 is 13.2 Å². The number of carbonyl (C=O) groups is 1. The highest BCUT2D eigenvalue weighted by molar-refractivity contribution is 7.92. The van der Waals surface area contributed by atoms with Gasteiger partial charge in [-0.05, 0) is 48.4 Å². The quantitative estimate of drug-likeness (QED) is 0.433. The summed E-state index contributed by atoms with van der Waals surface area (Å²) >= 11 is 0. The minimum atomic E-state index is -3.86. The first-order valence-corrected chi connectivity index (χ1v) is 11.6. The van der Waals surface area contributed by atoms with Gasteiger partial charge in [-0.1, -0.05) is 49.4 Å². The van der Waals surface area contributed by atoms with Crippen LogP contribution in [0.2, 0.25) is 0 Å². The highest BCUT2D eigenvalue weighted by Crippen LogP contribution is 2.23. The molecule has 4 rings (SSSR count). The van der Waals surface area contributed by atoms with Crippen LogP contribution in [0.4, 0.5) is 11.5 Å². The van der Waals surface area contributed by atoms with E-state index >= 15 is 0 Å². The number of rotatable bonds is 7. The summed E-state index contributed by atoms with van der Waals surface area (Å²) in [6.07, 6.45) is 2.03. The molecule has 0 bridgehead atoms. The van der Waals surface area contributed by atoms with E-state index in [1.165, 1.54) is 18.3 Å². The molecule has 0 aliphatic carbocycles. The third-order valence-electron chi connectivity index (χ3n) is 5.05. The van der Waals surface area contributed by atoms with Gasteiger partial charge < -0.3 is 5.32 Å². The zero-order valence-corrected chi connectivity index (χ0v) is 18.2. The third-order valence-corrected chi connectivity index (χ3v) is 6.42. The fraction of sp³-hybridized carbons (Fsp3) is 0.125. The Kier molecular flexibility index (Phi) is 6.13. The lowest BCUT2D eigenvalue weighted by atomic mass is 9.95. The molecule has 1 amide bonds. The Hall–Kier alpha value is -3.78. The van der Waals surface area contributed by atoms with Gasteiger partial charge in [-0.25, -0.2) is 13.4 Å². The van der Waals surface area contributed by atoms with Gasteiger partial charge in [0.25, 0.3) is 10.0 Å². The van der Waals surface area contributed by atoms with Crippen molar-refractivity contribution in [3.63, 3.8) is 0 Å². The zero-order chi connectivity index (χ0) is 22.6. The zero-order valence-electron chi connectivity index (χ0n) is 17.4. The van der Waals surface area contributed by atoms with Crippen molar-refractivity contribution in [1.82, 2.24) is 9.97 Å². The number of fused-ring (bicyclic) bond motifs is 1. The average Bonchev–Trinajstić information content (AvgIpc) is 2.80. The lowest BCUT2D eigenvalue weighted by molar-refractivity contribution is -0.117. The SMILES string of the molecule is CC[C@@H](C(=O)Nc1ccc(S(=O)(=O)Nc2cnc3ccccc3n2)cc1)c1ccccc1. The van der Waals surface area contributed by atoms with E-state index in [2.05, 4.69) is 20.0 Å². The number of anilines is 2. The summed E-state index contributed by atoms with van der Waals surface area (Å²) in [6, 6.07) is 22.8. The maximum atomic E-state index is 12.7. The second kappa shape index (κ2) is 9.15. The molecular formula is C24H22N4O3S. The van der Waals surface area contributed by atoms with E-state index in [0.717, 1.165) is 5.56 Å². The number of nitrogens with zero attached hydrogens (tertiary/aromatic N) is 2. The number of amides is 1. The van der Waals surface area contributed by atoms with E-state index in [1.54, 1.807) is 24.3 Å². The lowest BCUT2D eigenvalue weighted by Crippen LogP contribution is -2.20. The number of hydrogen-bond acceptors (Lipinski definition) is 5. The standard InChI is InChI=1S/C24H22N4O3S/c1-2-20(17-8-4-3-5-9-17)24(29)26-18-12-14-19(15-13-18)32(30,31)28-23-16-25-21-10-6-7-11-22(21)27-23/h3-16,20H,2H2,1H3,(H,26,29)(H,27,28)/t20-/m1/s1. The van der Waals surface area contributed by atoms with Crippen LogP contribution in [0.5, 0.6) is 0 Å². The summed E-state index contributed by atoms with van der Waals surface area (Å²) in [5.74, 6) is -0.290. The van der Waals surface area contributed by atoms with E-state index in [9.17, 15) is 13.2 Å². The van der Waals surface area contributed by atoms with Gasteiger partial charge in [0.1, 0.15) is 0 Å². The van der Waals surface area contributed by atoms with Crippen LogP contribution in [-0.2, 0) is 14.8 Å². The van der Waals surface area contributed by atoms with Gasteiger partial charge in [-0.15, -0.1) is 0 Å². The number of benzene rings is 3. The summed E-state index contributed by atoms with van der Waals surface area (Å²) in [6.45, 7) is 1.95. The summed E-state index contributed by atoms with van der Waals surface area (Å²) in [5, 5.41) is 2.86. The molecule has 3 aromatic carbocycles. The Bertz CT molecular complexity index is 1340. The summed E-state index contributed by atoms with van der Waals surface area (Å²) < 4.78 is 27.9. The lowest BCUT2D eigenvalue weighted by Gasteiger charge is -2.15. The van der Waals surface area contributed by atoms with Crippen molar-refractivity contribution in [2.45, 2.75) is 24.2 Å². The van der Waals surface area contributed by atoms with Gasteiger partial charge in [0, 0.05) is 5.69 Å². The second-order valence-electron chi connectivity index (χ2n) is 7.23. The van der Waals surface area contributed by atoms with E-state index in [-0.39, 0.29) is 22.5 Å². The average molecular weight is 447 g/mol. The maximum Gasteiger partial charge on any atom is 0.263 e. The van der Waals surface area contributed by atoms with Crippen LogP contribution in [0.25, 0.3) is 11.0 Å². The highest BCUT2D eigenvalue weighted by Gasteiger charge is 2.19. The Morgan fingerprint density at radius 1 is 0.906 bits per heavy atom. The Labute approximate surface area is 186 Å². The molecule has 8 heteroatoms. The summed E-state index contributed by atoms with van der Waals surface area (Å²) in [5.41, 5.74) is 2.73. The second-order valence-corrected chi connectivity index (χ2v) is 8.92. The third kappa shape index (κ3) is 4.76. The fourth-order valence-corrected chi connectivity index (χ4v) is 4.39. The predicted molar refractivity (Wildman–Crippen MR) is 125 cm³/mol. The predicted octanol–water partition coefficient (Wildman–Crippen LogP) is 4.56. The number of hydrogen-bond donors (Lipinski definition) is 2. The number of sulfonamides is 1. The first-order chi connectivity index (χ1) is 15.5. The van der Waals surface area contributed by atoms with Gasteiger partial charge in [0.2, 0.25) is 5.91 Å². The van der Waals surface area contributed by atoms with Crippen molar-refractivity contribution in [1.29, 1.82) is 0 Å². The van der Waals surface area contributed by atoms with Crippen molar-refractivity contribution in [2.75, 3.05) is 10.0 Å². The van der Waals surface area contributed by atoms with Crippen LogP contribution >= 0.6 is 0 Å². The molecule has 4 aromatic rings. The number of aromatic nitrogens is 2. The van der Waals surface area contributed by atoms with Crippen molar-refractivity contribution in [2.24, 2.45) is 0 Å². The molecule has 0 saturated heterocycles. The number of para-hydroxylation sites is 2. The molecule has 0 fully saturated rings. The first-order valence-electron chi connectivity index (χ1n) is 10.2. The van der Waals surface area contributed by atoms with E-state index < -0.39 is 10.0 Å². The molecule has 1 heterocycles. The number of carbonyl (C=O) groups excluding carboxylic acids is 1. The van der Waals surface area contributed by atoms with Crippen LogP contribution < -0.4 is 10.0 Å². The monoisotopic (exact) mass is 446 g/mol. The fourth-order valence-electron chi connectivity index (χ4n) is 3.41. The Morgan fingerprint density at radius 2 is 1.56 bits per heavy atom. The minimum absolute atomic E-state index is 0.0561. The molecule has 0 radical (unpaired) electrons. The smallest absolute Gasteiger partial charge is 0.263 e.